The topological polar surface area (TPSA) is 54.9 Å². The van der Waals surface area contributed by atoms with Gasteiger partial charge in [0.1, 0.15) is 5.82 Å². The first-order valence-electron chi connectivity index (χ1n) is 7.22. The number of rotatable bonds is 4. The molecule has 3 aromatic rings. The quantitative estimate of drug-likeness (QED) is 0.783. The summed E-state index contributed by atoms with van der Waals surface area (Å²) >= 11 is 5.89. The highest BCUT2D eigenvalue weighted by Gasteiger charge is 2.11. The van der Waals surface area contributed by atoms with Crippen LogP contribution in [0.3, 0.4) is 0 Å². The molecule has 0 bridgehead atoms. The molecule has 0 saturated carbocycles. The number of nitrogens with zero attached hydrogens (tertiary/aromatic N) is 2. The van der Waals surface area contributed by atoms with Gasteiger partial charge in [-0.1, -0.05) is 11.6 Å². The third-order valence-electron chi connectivity index (χ3n) is 3.43. The summed E-state index contributed by atoms with van der Waals surface area (Å²) in [5, 5.41) is 2.85. The zero-order valence-electron chi connectivity index (χ0n) is 12.5. The Morgan fingerprint density at radius 3 is 2.62 bits per heavy atom. The van der Waals surface area contributed by atoms with E-state index in [9.17, 15) is 9.18 Å². The second-order valence-electron chi connectivity index (χ2n) is 5.09. The molecule has 1 amide bonds. The van der Waals surface area contributed by atoms with Crippen LogP contribution in [-0.2, 0) is 6.54 Å². The molecule has 24 heavy (non-hydrogen) atoms. The fourth-order valence-corrected chi connectivity index (χ4v) is 2.47. The summed E-state index contributed by atoms with van der Waals surface area (Å²) in [6.45, 7) is 0.313. The van der Waals surface area contributed by atoms with Crippen molar-refractivity contribution in [2.75, 3.05) is 0 Å². The van der Waals surface area contributed by atoms with Gasteiger partial charge in [0, 0.05) is 30.7 Å². The van der Waals surface area contributed by atoms with Gasteiger partial charge in [0.15, 0.2) is 0 Å². The lowest BCUT2D eigenvalue weighted by molar-refractivity contribution is 0.0951. The fraction of sp³-hybridized carbons (Fsp3) is 0.0556. The molecule has 1 aromatic carbocycles. The van der Waals surface area contributed by atoms with Crippen molar-refractivity contribution in [3.63, 3.8) is 0 Å². The predicted octanol–water partition coefficient (Wildman–Crippen LogP) is 3.87. The number of nitrogens with one attached hydrogen (secondary N) is 1. The molecular weight excluding hydrogens is 329 g/mol. The maximum Gasteiger partial charge on any atom is 0.253 e. The lowest BCUT2D eigenvalue weighted by atomic mass is 10.1. The monoisotopic (exact) mass is 341 g/mol. The molecule has 0 saturated heterocycles. The van der Waals surface area contributed by atoms with Gasteiger partial charge in [-0.2, -0.15) is 0 Å². The van der Waals surface area contributed by atoms with Crippen LogP contribution in [0.15, 0.2) is 61.1 Å². The molecule has 2 aromatic heterocycles. The van der Waals surface area contributed by atoms with Crippen molar-refractivity contribution < 1.29 is 9.18 Å². The molecular formula is C18H13ClFN3O. The second kappa shape index (κ2) is 7.19. The Morgan fingerprint density at radius 2 is 1.88 bits per heavy atom. The SMILES string of the molecule is O=C(NCc1ccnc(-c2ccncc2)c1)c1ccc(F)cc1Cl. The summed E-state index contributed by atoms with van der Waals surface area (Å²) in [5.74, 6) is -0.838. The summed E-state index contributed by atoms with van der Waals surface area (Å²) < 4.78 is 13.0. The second-order valence-corrected chi connectivity index (χ2v) is 5.50. The molecule has 1 N–H and O–H groups in total. The van der Waals surface area contributed by atoms with Gasteiger partial charge in [-0.25, -0.2) is 4.39 Å². The molecule has 4 nitrogen and oxygen atoms in total. The number of aromatic nitrogens is 2. The Kier molecular flexibility index (Phi) is 4.82. The molecule has 120 valence electrons. The van der Waals surface area contributed by atoms with Crippen LogP contribution < -0.4 is 5.32 Å². The average molecular weight is 342 g/mol. The van der Waals surface area contributed by atoms with Crippen molar-refractivity contribution in [3.05, 3.63) is 83.0 Å². The lowest BCUT2D eigenvalue weighted by Gasteiger charge is -2.08. The van der Waals surface area contributed by atoms with Gasteiger partial charge in [0.2, 0.25) is 0 Å². The van der Waals surface area contributed by atoms with E-state index >= 15 is 0 Å². The van der Waals surface area contributed by atoms with Crippen molar-refractivity contribution >= 4 is 17.5 Å². The molecule has 0 spiro atoms. The number of hydrogen-bond donors (Lipinski definition) is 1. The predicted molar refractivity (Wildman–Crippen MR) is 90.0 cm³/mol. The molecule has 0 fully saturated rings. The van der Waals surface area contributed by atoms with Crippen LogP contribution in [0.25, 0.3) is 11.3 Å². The molecule has 0 aliphatic carbocycles. The minimum atomic E-state index is -0.479. The first kappa shape index (κ1) is 16.1. The Hall–Kier alpha value is -2.79. The van der Waals surface area contributed by atoms with Crippen LogP contribution in [0, 0.1) is 5.82 Å². The largest absolute Gasteiger partial charge is 0.348 e. The molecule has 6 heteroatoms. The van der Waals surface area contributed by atoms with Crippen LogP contribution in [-0.4, -0.2) is 15.9 Å². The number of hydrogen-bond acceptors (Lipinski definition) is 3. The first-order chi connectivity index (χ1) is 11.6. The van der Waals surface area contributed by atoms with Crippen LogP contribution in [0.4, 0.5) is 4.39 Å². The van der Waals surface area contributed by atoms with Crippen LogP contribution >= 0.6 is 11.6 Å². The summed E-state index contributed by atoms with van der Waals surface area (Å²) in [5.41, 5.74) is 2.87. The van der Waals surface area contributed by atoms with Crippen molar-refractivity contribution in [2.45, 2.75) is 6.54 Å². The van der Waals surface area contributed by atoms with Gasteiger partial charge in [0.05, 0.1) is 16.3 Å². The van der Waals surface area contributed by atoms with E-state index in [-0.39, 0.29) is 16.5 Å². The summed E-state index contributed by atoms with van der Waals surface area (Å²) in [6, 6.07) is 11.1. The number of carbonyl (C=O) groups excluding carboxylic acids is 1. The Morgan fingerprint density at radius 1 is 1.08 bits per heavy atom. The van der Waals surface area contributed by atoms with Gasteiger partial charge < -0.3 is 5.32 Å². The van der Waals surface area contributed by atoms with Crippen molar-refractivity contribution in [1.82, 2.24) is 15.3 Å². The third-order valence-corrected chi connectivity index (χ3v) is 3.74. The maximum atomic E-state index is 13.0. The van der Waals surface area contributed by atoms with Gasteiger partial charge in [-0.05, 0) is 48.0 Å². The molecule has 0 atom stereocenters. The van der Waals surface area contributed by atoms with E-state index in [1.54, 1.807) is 18.6 Å². The number of pyridine rings is 2. The van der Waals surface area contributed by atoms with E-state index < -0.39 is 5.82 Å². The first-order valence-corrected chi connectivity index (χ1v) is 7.60. The summed E-state index contributed by atoms with van der Waals surface area (Å²) in [7, 11) is 0. The number of halogens is 2. The molecule has 0 unspecified atom stereocenters. The highest BCUT2D eigenvalue weighted by molar-refractivity contribution is 6.33. The summed E-state index contributed by atoms with van der Waals surface area (Å²) in [4.78, 5) is 20.5. The Bertz CT molecular complexity index is 871. The fourth-order valence-electron chi connectivity index (χ4n) is 2.22. The minimum absolute atomic E-state index is 0.0831. The van der Waals surface area contributed by atoms with E-state index in [1.807, 2.05) is 24.3 Å². The van der Waals surface area contributed by atoms with Gasteiger partial charge in [0.25, 0.3) is 5.91 Å². The van der Waals surface area contributed by atoms with Gasteiger partial charge >= 0.3 is 0 Å². The Labute approximate surface area is 143 Å². The van der Waals surface area contributed by atoms with E-state index in [2.05, 4.69) is 15.3 Å². The van der Waals surface area contributed by atoms with Crippen LogP contribution in [0.5, 0.6) is 0 Å². The van der Waals surface area contributed by atoms with E-state index in [4.69, 9.17) is 11.6 Å². The molecule has 0 radical (unpaired) electrons. The minimum Gasteiger partial charge on any atom is -0.348 e. The molecule has 2 heterocycles. The number of benzene rings is 1. The van der Waals surface area contributed by atoms with Crippen molar-refractivity contribution in [1.29, 1.82) is 0 Å². The lowest BCUT2D eigenvalue weighted by Crippen LogP contribution is -2.23. The van der Waals surface area contributed by atoms with Gasteiger partial charge in [-0.3, -0.25) is 14.8 Å². The van der Waals surface area contributed by atoms with Crippen molar-refractivity contribution in [2.24, 2.45) is 0 Å². The standard InChI is InChI=1S/C18H13ClFN3O/c19-16-10-14(20)1-2-15(16)18(24)23-11-12-3-8-22-17(9-12)13-4-6-21-7-5-13/h1-10H,11H2,(H,23,24). The van der Waals surface area contributed by atoms with E-state index in [0.29, 0.717) is 6.54 Å². The molecule has 0 aliphatic rings. The zero-order valence-corrected chi connectivity index (χ0v) is 13.3. The normalized spacial score (nSPS) is 10.4. The summed E-state index contributed by atoms with van der Waals surface area (Å²) in [6.07, 6.45) is 5.08. The van der Waals surface area contributed by atoms with Gasteiger partial charge in [-0.15, -0.1) is 0 Å². The van der Waals surface area contributed by atoms with Crippen LogP contribution in [0.2, 0.25) is 5.02 Å². The maximum absolute atomic E-state index is 13.0. The number of amides is 1. The molecule has 0 aliphatic heterocycles. The highest BCUT2D eigenvalue weighted by Crippen LogP contribution is 2.18. The smallest absolute Gasteiger partial charge is 0.253 e. The van der Waals surface area contributed by atoms with Crippen LogP contribution in [0.1, 0.15) is 15.9 Å². The average Bonchev–Trinajstić information content (AvgIpc) is 2.61. The Balaban J connectivity index is 1.72. The number of carbonyl (C=O) groups is 1. The van der Waals surface area contributed by atoms with Crippen molar-refractivity contribution in [3.8, 4) is 11.3 Å². The molecule has 3 rings (SSSR count). The van der Waals surface area contributed by atoms with E-state index in [0.717, 1.165) is 22.9 Å². The van der Waals surface area contributed by atoms with E-state index in [1.165, 1.54) is 12.1 Å². The highest BCUT2D eigenvalue weighted by atomic mass is 35.5. The third kappa shape index (κ3) is 3.75. The zero-order chi connectivity index (χ0) is 16.9.